The molecule has 0 spiro atoms. The van der Waals surface area contributed by atoms with E-state index in [1.807, 2.05) is 0 Å². The van der Waals surface area contributed by atoms with Crippen molar-refractivity contribution < 1.29 is 27.9 Å². The molecule has 0 aliphatic heterocycles. The van der Waals surface area contributed by atoms with Gasteiger partial charge in [-0.3, -0.25) is 4.79 Å². The predicted molar refractivity (Wildman–Crippen MR) is 127 cm³/mol. The average molecular weight is 499 g/mol. The van der Waals surface area contributed by atoms with Crippen molar-refractivity contribution >= 4 is 34.6 Å². The van der Waals surface area contributed by atoms with E-state index in [9.17, 15) is 18.0 Å². The monoisotopic (exact) mass is 498 g/mol. The highest BCUT2D eigenvalue weighted by Gasteiger charge is 2.48. The zero-order chi connectivity index (χ0) is 24.2. The van der Waals surface area contributed by atoms with Gasteiger partial charge in [-0.05, 0) is 68.4 Å². The summed E-state index contributed by atoms with van der Waals surface area (Å²) in [5.41, 5.74) is 6.62. The molecule has 4 aliphatic carbocycles. The molecule has 1 aromatic rings. The maximum Gasteiger partial charge on any atom is 0.346 e. The van der Waals surface area contributed by atoms with E-state index in [-0.39, 0.29) is 10.6 Å². The molecule has 184 valence electrons. The Morgan fingerprint density at radius 3 is 2.09 bits per heavy atom. The third kappa shape index (κ3) is 6.94. The van der Waals surface area contributed by atoms with Crippen molar-refractivity contribution in [3.8, 4) is 0 Å². The Labute approximate surface area is 201 Å². The molecule has 5 rings (SSSR count). The molecule has 0 saturated heterocycles. The van der Waals surface area contributed by atoms with Crippen LogP contribution in [-0.4, -0.2) is 49.4 Å². The number of esters is 1. The van der Waals surface area contributed by atoms with Gasteiger partial charge in [0.15, 0.2) is 0 Å². The Morgan fingerprint density at radius 1 is 1.15 bits per heavy atom. The van der Waals surface area contributed by atoms with Crippen LogP contribution >= 0.6 is 12.6 Å². The Bertz CT molecular complexity index is 902. The Kier molecular flexibility index (Phi) is 8.47. The molecule has 0 amide bonds. The summed E-state index contributed by atoms with van der Waals surface area (Å²) < 4.78 is 30.9. The predicted octanol–water partition coefficient (Wildman–Crippen LogP) is 2.44. The van der Waals surface area contributed by atoms with Crippen LogP contribution in [-0.2, 0) is 24.3 Å². The normalized spacial score (nSPS) is 29.5. The van der Waals surface area contributed by atoms with E-state index in [1.165, 1.54) is 69.7 Å². The van der Waals surface area contributed by atoms with Crippen LogP contribution in [0.2, 0.25) is 0 Å². The second kappa shape index (κ2) is 10.8. The first-order chi connectivity index (χ1) is 15.5. The molecule has 2 atom stereocenters. The van der Waals surface area contributed by atoms with Crippen molar-refractivity contribution in [2.45, 2.75) is 62.0 Å². The van der Waals surface area contributed by atoms with Crippen LogP contribution in [0.25, 0.3) is 0 Å². The third-order valence-corrected chi connectivity index (χ3v) is 8.80. The minimum absolute atomic E-state index is 0.00538. The van der Waals surface area contributed by atoms with Gasteiger partial charge in [-0.25, -0.2) is 17.9 Å². The number of ether oxygens (including phenoxy) is 1. The number of carbonyl (C=O) groups is 2. The van der Waals surface area contributed by atoms with Gasteiger partial charge in [-0.15, -0.1) is 0 Å². The van der Waals surface area contributed by atoms with E-state index in [0.717, 1.165) is 17.8 Å². The first-order valence-electron chi connectivity index (χ1n) is 11.4. The van der Waals surface area contributed by atoms with Crippen LogP contribution in [0, 0.1) is 23.7 Å². The van der Waals surface area contributed by atoms with Crippen LogP contribution in [0.3, 0.4) is 0 Å². The molecular weight excluding hydrogens is 464 g/mol. The maximum atomic E-state index is 12.0. The van der Waals surface area contributed by atoms with Crippen molar-refractivity contribution in [3.05, 3.63) is 30.3 Å². The molecule has 0 aromatic heterocycles. The smallest absolute Gasteiger partial charge is 0.346 e. The number of carbonyl (C=O) groups excluding carboxylic acids is 1. The molecule has 4 aliphatic rings. The number of benzene rings is 1. The molecule has 1 aromatic carbocycles. The summed E-state index contributed by atoms with van der Waals surface area (Å²) in [5, 5.41) is 9.01. The van der Waals surface area contributed by atoms with Gasteiger partial charge in [0.1, 0.15) is 0 Å². The molecular formula is C23H34N2O6S2. The first-order valence-corrected chi connectivity index (χ1v) is 13.5. The largest absolute Gasteiger partial charge is 0.478 e. The van der Waals surface area contributed by atoms with Crippen LogP contribution in [0.4, 0.5) is 0 Å². The van der Waals surface area contributed by atoms with Gasteiger partial charge in [0, 0.05) is 11.3 Å². The van der Waals surface area contributed by atoms with Gasteiger partial charge in [0.2, 0.25) is 16.1 Å². The zero-order valence-electron chi connectivity index (χ0n) is 18.9. The molecule has 4 fully saturated rings. The lowest BCUT2D eigenvalue weighted by molar-refractivity contribution is -0.165. The highest BCUT2D eigenvalue weighted by molar-refractivity contribution is 7.89. The zero-order valence-corrected chi connectivity index (χ0v) is 20.6. The van der Waals surface area contributed by atoms with Crippen LogP contribution in [0.5, 0.6) is 0 Å². The van der Waals surface area contributed by atoms with Gasteiger partial charge in [-0.1, -0.05) is 25.1 Å². The minimum Gasteiger partial charge on any atom is -0.478 e. The molecule has 1 unspecified atom stereocenters. The Hall–Kier alpha value is -1.62. The summed E-state index contributed by atoms with van der Waals surface area (Å²) in [4.78, 5) is 22.6. The summed E-state index contributed by atoms with van der Waals surface area (Å²) in [7, 11) is -3.87. The Morgan fingerprint density at radius 2 is 1.67 bits per heavy atom. The number of nitrogens with two attached hydrogens (primary N) is 1. The molecule has 10 heteroatoms. The summed E-state index contributed by atoms with van der Waals surface area (Å²) in [6, 6.07) is 7.47. The number of thiol groups is 1. The van der Waals surface area contributed by atoms with Crippen molar-refractivity contribution in [1.82, 2.24) is 4.72 Å². The van der Waals surface area contributed by atoms with Gasteiger partial charge in [-0.2, -0.15) is 12.6 Å². The lowest BCUT2D eigenvalue weighted by Gasteiger charge is -2.55. The topological polar surface area (TPSA) is 136 Å². The summed E-state index contributed by atoms with van der Waals surface area (Å²) in [6.45, 7) is 0.972. The fourth-order valence-corrected chi connectivity index (χ4v) is 6.76. The molecule has 4 bridgehead atoms. The molecule has 8 nitrogen and oxygen atoms in total. The standard InChI is InChI=1S/C13H17NO6S2.C10H17N/c1-9(8-21)13(17)20-11(12(15)16)7-14-22(18,19)10-5-3-2-4-6-10;11-10-4-7-1-8(5-10)3-9(2-7)6-10/h2-6,9,11,14,21H,7-8H2,1H3,(H,15,16);7-9H,1-6,11H2/t9-,11?;/m1./s1. The van der Waals surface area contributed by atoms with Gasteiger partial charge in [0.25, 0.3) is 0 Å². The van der Waals surface area contributed by atoms with Crippen LogP contribution in [0.1, 0.15) is 45.4 Å². The maximum absolute atomic E-state index is 12.0. The lowest BCUT2D eigenvalue weighted by Crippen LogP contribution is -2.55. The fraction of sp³-hybridized carbons (Fsp3) is 0.652. The number of sulfonamides is 1. The number of hydrogen-bond donors (Lipinski definition) is 4. The SMILES string of the molecule is C[C@H](CS)C(=O)OC(CNS(=O)(=O)c1ccccc1)C(=O)O.NC12CC3CC(CC(C3)C1)C2. The van der Waals surface area contributed by atoms with E-state index in [0.29, 0.717) is 5.54 Å². The van der Waals surface area contributed by atoms with E-state index in [4.69, 9.17) is 15.6 Å². The molecule has 4 saturated carbocycles. The second-order valence-corrected chi connectivity index (χ2v) is 11.9. The van der Waals surface area contributed by atoms with E-state index in [1.54, 1.807) is 6.07 Å². The minimum atomic E-state index is -3.87. The average Bonchev–Trinajstić information content (AvgIpc) is 2.75. The summed E-state index contributed by atoms with van der Waals surface area (Å²) in [5.74, 6) is 0.484. The molecule has 0 heterocycles. The Balaban J connectivity index is 0.000000227. The second-order valence-electron chi connectivity index (χ2n) is 9.79. The number of rotatable bonds is 8. The third-order valence-electron chi connectivity index (χ3n) is 6.81. The number of nitrogens with one attached hydrogen (secondary N) is 1. The van der Waals surface area contributed by atoms with Crippen molar-refractivity contribution in [2.24, 2.45) is 29.4 Å². The molecule has 33 heavy (non-hydrogen) atoms. The van der Waals surface area contributed by atoms with Crippen LogP contribution in [0.15, 0.2) is 35.2 Å². The van der Waals surface area contributed by atoms with Gasteiger partial charge < -0.3 is 15.6 Å². The van der Waals surface area contributed by atoms with Gasteiger partial charge in [0.05, 0.1) is 17.4 Å². The van der Waals surface area contributed by atoms with Gasteiger partial charge >= 0.3 is 11.9 Å². The molecule has 0 radical (unpaired) electrons. The summed E-state index contributed by atoms with van der Waals surface area (Å²) >= 11 is 3.92. The highest BCUT2D eigenvalue weighted by atomic mass is 32.2. The highest BCUT2D eigenvalue weighted by Crippen LogP contribution is 2.54. The van der Waals surface area contributed by atoms with E-state index in [2.05, 4.69) is 17.4 Å². The van der Waals surface area contributed by atoms with Crippen molar-refractivity contribution in [1.29, 1.82) is 0 Å². The van der Waals surface area contributed by atoms with E-state index >= 15 is 0 Å². The number of hydrogen-bond acceptors (Lipinski definition) is 7. The summed E-state index contributed by atoms with van der Waals surface area (Å²) in [6.07, 6.45) is 6.97. The number of aliphatic carboxylic acids is 1. The first kappa shape index (κ1) is 26.0. The van der Waals surface area contributed by atoms with Crippen molar-refractivity contribution in [3.63, 3.8) is 0 Å². The number of carboxylic acids is 1. The molecule has 4 N–H and O–H groups in total. The van der Waals surface area contributed by atoms with Crippen molar-refractivity contribution in [2.75, 3.05) is 12.3 Å². The van der Waals surface area contributed by atoms with Crippen LogP contribution < -0.4 is 10.5 Å². The lowest BCUT2D eigenvalue weighted by atomic mass is 9.53. The quantitative estimate of drug-likeness (QED) is 0.319. The fourth-order valence-electron chi connectivity index (χ4n) is 5.56. The number of carboxylic acid groups (broad SMARTS) is 1. The van der Waals surface area contributed by atoms with E-state index < -0.39 is 40.5 Å².